The normalized spacial score (nSPS) is 20.2. The molecule has 1 fully saturated rings. The lowest BCUT2D eigenvalue weighted by Gasteiger charge is -2.28. The van der Waals surface area contributed by atoms with Gasteiger partial charge >= 0.3 is 0 Å². The summed E-state index contributed by atoms with van der Waals surface area (Å²) in [6.07, 6.45) is 5.48. The van der Waals surface area contributed by atoms with Gasteiger partial charge < -0.3 is 15.7 Å². The highest BCUT2D eigenvalue weighted by Gasteiger charge is 2.33. The summed E-state index contributed by atoms with van der Waals surface area (Å²) in [4.78, 5) is 11.7. The Bertz CT molecular complexity index is 238. The van der Waals surface area contributed by atoms with Gasteiger partial charge in [-0.25, -0.2) is 0 Å². The minimum Gasteiger partial charge on any atom is -0.396 e. The molecule has 3 N–H and O–H groups in total. The average Bonchev–Trinajstić information content (AvgIpc) is 2.82. The van der Waals surface area contributed by atoms with Crippen LogP contribution in [-0.4, -0.2) is 36.8 Å². The molecule has 1 aliphatic carbocycles. The number of aliphatic hydroxyl groups excluding tert-OH is 1. The van der Waals surface area contributed by atoms with Gasteiger partial charge in [-0.15, -0.1) is 0 Å². The van der Waals surface area contributed by atoms with Gasteiger partial charge in [-0.2, -0.15) is 0 Å². The standard InChI is InChI=1S/C13H26N2O2/c1-3-8-14-12(17)11(2)15-9-13(10-16)6-4-5-7-13/h11,15-16H,3-10H2,1-2H3,(H,14,17). The smallest absolute Gasteiger partial charge is 0.236 e. The Morgan fingerprint density at radius 1 is 1.41 bits per heavy atom. The van der Waals surface area contributed by atoms with E-state index in [0.29, 0.717) is 0 Å². The van der Waals surface area contributed by atoms with E-state index in [1.54, 1.807) is 0 Å². The Labute approximate surface area is 104 Å². The van der Waals surface area contributed by atoms with Crippen LogP contribution in [0.2, 0.25) is 0 Å². The summed E-state index contributed by atoms with van der Waals surface area (Å²) in [5.74, 6) is 0.0536. The van der Waals surface area contributed by atoms with Crippen LogP contribution in [0.4, 0.5) is 0 Å². The maximum absolute atomic E-state index is 11.7. The van der Waals surface area contributed by atoms with Crippen LogP contribution >= 0.6 is 0 Å². The van der Waals surface area contributed by atoms with E-state index in [2.05, 4.69) is 10.6 Å². The van der Waals surface area contributed by atoms with Crippen molar-refractivity contribution in [3.63, 3.8) is 0 Å². The Morgan fingerprint density at radius 3 is 2.59 bits per heavy atom. The Hall–Kier alpha value is -0.610. The third-order valence-corrected chi connectivity index (χ3v) is 3.73. The van der Waals surface area contributed by atoms with Crippen LogP contribution < -0.4 is 10.6 Å². The fraction of sp³-hybridized carbons (Fsp3) is 0.923. The third-order valence-electron chi connectivity index (χ3n) is 3.73. The van der Waals surface area contributed by atoms with E-state index in [9.17, 15) is 9.90 Å². The third kappa shape index (κ3) is 4.28. The molecule has 17 heavy (non-hydrogen) atoms. The van der Waals surface area contributed by atoms with E-state index >= 15 is 0 Å². The SMILES string of the molecule is CCCNC(=O)C(C)NCC1(CO)CCCC1. The molecule has 0 aromatic carbocycles. The van der Waals surface area contributed by atoms with Crippen molar-refractivity contribution in [3.8, 4) is 0 Å². The Kier molecular flexibility index (Phi) is 5.92. The van der Waals surface area contributed by atoms with Gasteiger partial charge in [0.25, 0.3) is 0 Å². The maximum Gasteiger partial charge on any atom is 0.236 e. The minimum absolute atomic E-state index is 0.0132. The first-order chi connectivity index (χ1) is 8.13. The lowest BCUT2D eigenvalue weighted by Crippen LogP contribution is -2.47. The molecule has 0 saturated heterocycles. The average molecular weight is 242 g/mol. The highest BCUT2D eigenvalue weighted by atomic mass is 16.3. The van der Waals surface area contributed by atoms with E-state index in [0.717, 1.165) is 32.4 Å². The van der Waals surface area contributed by atoms with Crippen molar-refractivity contribution in [1.29, 1.82) is 0 Å². The molecule has 1 unspecified atom stereocenters. The van der Waals surface area contributed by atoms with E-state index < -0.39 is 0 Å². The monoisotopic (exact) mass is 242 g/mol. The van der Waals surface area contributed by atoms with Crippen molar-refractivity contribution in [2.75, 3.05) is 19.7 Å². The molecular weight excluding hydrogens is 216 g/mol. The summed E-state index contributed by atoms with van der Waals surface area (Å²) < 4.78 is 0. The second-order valence-electron chi connectivity index (χ2n) is 5.26. The summed E-state index contributed by atoms with van der Waals surface area (Å²) in [6, 6.07) is -0.175. The molecule has 0 spiro atoms. The summed E-state index contributed by atoms with van der Waals surface area (Å²) in [6.45, 7) is 5.62. The van der Waals surface area contributed by atoms with Crippen molar-refractivity contribution >= 4 is 5.91 Å². The van der Waals surface area contributed by atoms with Gasteiger partial charge in [0.2, 0.25) is 5.91 Å². The first-order valence-electron chi connectivity index (χ1n) is 6.75. The van der Waals surface area contributed by atoms with Crippen LogP contribution in [0.25, 0.3) is 0 Å². The fourth-order valence-corrected chi connectivity index (χ4v) is 2.38. The summed E-state index contributed by atoms with van der Waals surface area (Å²) >= 11 is 0. The summed E-state index contributed by atoms with van der Waals surface area (Å²) in [5.41, 5.74) is 0.0132. The molecule has 100 valence electrons. The number of carbonyl (C=O) groups is 1. The fourth-order valence-electron chi connectivity index (χ4n) is 2.38. The zero-order chi connectivity index (χ0) is 12.7. The molecular formula is C13H26N2O2. The zero-order valence-corrected chi connectivity index (χ0v) is 11.1. The quantitative estimate of drug-likeness (QED) is 0.625. The molecule has 0 bridgehead atoms. The van der Waals surface area contributed by atoms with E-state index in [-0.39, 0.29) is 24.0 Å². The number of hydrogen-bond donors (Lipinski definition) is 3. The Balaban J connectivity index is 2.31. The van der Waals surface area contributed by atoms with Crippen molar-refractivity contribution in [3.05, 3.63) is 0 Å². The number of hydrogen-bond acceptors (Lipinski definition) is 3. The number of rotatable bonds is 7. The highest BCUT2D eigenvalue weighted by molar-refractivity contribution is 5.81. The lowest BCUT2D eigenvalue weighted by atomic mass is 9.87. The topological polar surface area (TPSA) is 61.4 Å². The molecule has 0 radical (unpaired) electrons. The van der Waals surface area contributed by atoms with Crippen LogP contribution in [0.1, 0.15) is 46.0 Å². The predicted molar refractivity (Wildman–Crippen MR) is 68.8 cm³/mol. The van der Waals surface area contributed by atoms with Crippen molar-refractivity contribution in [1.82, 2.24) is 10.6 Å². The second kappa shape index (κ2) is 6.97. The second-order valence-corrected chi connectivity index (χ2v) is 5.26. The van der Waals surface area contributed by atoms with E-state index in [1.165, 1.54) is 12.8 Å². The van der Waals surface area contributed by atoms with Crippen molar-refractivity contribution in [2.45, 2.75) is 52.0 Å². The first-order valence-corrected chi connectivity index (χ1v) is 6.75. The number of aliphatic hydroxyl groups is 1. The molecule has 4 nitrogen and oxygen atoms in total. The van der Waals surface area contributed by atoms with Gasteiger partial charge in [-0.05, 0) is 26.2 Å². The number of amides is 1. The molecule has 0 aromatic rings. The van der Waals surface area contributed by atoms with Crippen molar-refractivity contribution < 1.29 is 9.90 Å². The lowest BCUT2D eigenvalue weighted by molar-refractivity contribution is -0.122. The molecule has 1 atom stereocenters. The minimum atomic E-state index is -0.175. The number of nitrogens with one attached hydrogen (secondary N) is 2. The molecule has 0 aliphatic heterocycles. The van der Waals surface area contributed by atoms with Gasteiger partial charge in [-0.3, -0.25) is 4.79 Å². The molecule has 0 heterocycles. The molecule has 4 heteroatoms. The summed E-state index contributed by atoms with van der Waals surface area (Å²) in [5, 5.41) is 15.6. The van der Waals surface area contributed by atoms with Crippen LogP contribution in [-0.2, 0) is 4.79 Å². The van der Waals surface area contributed by atoms with Gasteiger partial charge in [-0.1, -0.05) is 19.8 Å². The van der Waals surface area contributed by atoms with E-state index in [4.69, 9.17) is 0 Å². The summed E-state index contributed by atoms with van der Waals surface area (Å²) in [7, 11) is 0. The highest BCUT2D eigenvalue weighted by Crippen LogP contribution is 2.36. The van der Waals surface area contributed by atoms with Gasteiger partial charge in [0.1, 0.15) is 0 Å². The molecule has 1 aliphatic rings. The first kappa shape index (κ1) is 14.5. The largest absolute Gasteiger partial charge is 0.396 e. The van der Waals surface area contributed by atoms with Gasteiger partial charge in [0.05, 0.1) is 6.04 Å². The Morgan fingerprint density at radius 2 is 2.06 bits per heavy atom. The van der Waals surface area contributed by atoms with Gasteiger partial charge in [0, 0.05) is 25.1 Å². The predicted octanol–water partition coefficient (Wildman–Crippen LogP) is 1.04. The van der Waals surface area contributed by atoms with Crippen LogP contribution in [0, 0.1) is 5.41 Å². The van der Waals surface area contributed by atoms with E-state index in [1.807, 2.05) is 13.8 Å². The molecule has 0 aromatic heterocycles. The zero-order valence-electron chi connectivity index (χ0n) is 11.1. The molecule has 1 rings (SSSR count). The van der Waals surface area contributed by atoms with Crippen LogP contribution in [0.15, 0.2) is 0 Å². The molecule has 1 saturated carbocycles. The van der Waals surface area contributed by atoms with Crippen LogP contribution in [0.3, 0.4) is 0 Å². The van der Waals surface area contributed by atoms with Gasteiger partial charge in [0.15, 0.2) is 0 Å². The van der Waals surface area contributed by atoms with Crippen molar-refractivity contribution in [2.24, 2.45) is 5.41 Å². The number of carbonyl (C=O) groups excluding carboxylic acids is 1. The maximum atomic E-state index is 11.7. The molecule has 1 amide bonds. The van der Waals surface area contributed by atoms with Crippen LogP contribution in [0.5, 0.6) is 0 Å².